The molecule has 174 valence electrons. The number of aromatic amines is 1. The third-order valence-corrected chi connectivity index (χ3v) is 4.88. The van der Waals surface area contributed by atoms with Gasteiger partial charge in [0.15, 0.2) is 5.65 Å². The topological polar surface area (TPSA) is 112 Å². The van der Waals surface area contributed by atoms with Crippen LogP contribution in [0.3, 0.4) is 0 Å². The summed E-state index contributed by atoms with van der Waals surface area (Å²) in [6.07, 6.45) is -1.85. The van der Waals surface area contributed by atoms with Crippen LogP contribution in [0.2, 0.25) is 5.02 Å². The number of carbonyl (C=O) groups is 2. The van der Waals surface area contributed by atoms with Crippen LogP contribution < -0.4 is 16.0 Å². The fraction of sp³-hybridized carbons (Fsp3) is 0.0476. The van der Waals surface area contributed by atoms with Crippen molar-refractivity contribution in [3.8, 4) is 0 Å². The van der Waals surface area contributed by atoms with Gasteiger partial charge in [0.05, 0.1) is 34.2 Å². The third-order valence-electron chi connectivity index (χ3n) is 4.55. The number of rotatable bonds is 4. The SMILES string of the molecule is O=C(Nc1ccc(F)c(C(=O)Nc2cnc3[nH]ncc3c2)c1)Nc1ccc(Cl)c(C(F)(F)F)c1. The molecule has 0 unspecified atom stereocenters. The number of hydrogen-bond donors (Lipinski definition) is 4. The maximum absolute atomic E-state index is 14.3. The minimum Gasteiger partial charge on any atom is -0.320 e. The lowest BCUT2D eigenvalue weighted by Crippen LogP contribution is -2.21. The number of aromatic nitrogens is 3. The minimum absolute atomic E-state index is 0.0254. The minimum atomic E-state index is -4.71. The molecule has 0 bridgehead atoms. The molecule has 4 rings (SSSR count). The lowest BCUT2D eigenvalue weighted by Gasteiger charge is -2.13. The average molecular weight is 493 g/mol. The van der Waals surface area contributed by atoms with E-state index in [1.807, 2.05) is 0 Å². The van der Waals surface area contributed by atoms with E-state index < -0.39 is 34.5 Å². The van der Waals surface area contributed by atoms with Crippen molar-refractivity contribution in [3.63, 3.8) is 0 Å². The number of urea groups is 1. The number of nitrogens with zero attached hydrogens (tertiary/aromatic N) is 2. The molecule has 0 saturated carbocycles. The predicted octanol–water partition coefficient (Wildman–Crippen LogP) is 5.67. The Balaban J connectivity index is 1.47. The first-order chi connectivity index (χ1) is 16.1. The Morgan fingerprint density at radius 1 is 0.912 bits per heavy atom. The van der Waals surface area contributed by atoms with Gasteiger partial charge in [-0.15, -0.1) is 0 Å². The lowest BCUT2D eigenvalue weighted by molar-refractivity contribution is -0.137. The van der Waals surface area contributed by atoms with Crippen LogP contribution >= 0.6 is 11.6 Å². The van der Waals surface area contributed by atoms with Gasteiger partial charge in [0.2, 0.25) is 0 Å². The summed E-state index contributed by atoms with van der Waals surface area (Å²) in [6, 6.07) is 6.76. The first kappa shape index (κ1) is 23.0. The van der Waals surface area contributed by atoms with Gasteiger partial charge >= 0.3 is 12.2 Å². The number of H-pyrrole nitrogens is 1. The Bertz CT molecular complexity index is 1410. The van der Waals surface area contributed by atoms with Crippen molar-refractivity contribution in [2.75, 3.05) is 16.0 Å². The molecule has 13 heteroatoms. The lowest BCUT2D eigenvalue weighted by atomic mass is 10.1. The molecular weight excluding hydrogens is 480 g/mol. The summed E-state index contributed by atoms with van der Waals surface area (Å²) >= 11 is 5.56. The summed E-state index contributed by atoms with van der Waals surface area (Å²) in [4.78, 5) is 28.9. The second kappa shape index (κ2) is 8.98. The molecule has 3 amide bonds. The second-order valence-electron chi connectivity index (χ2n) is 6.95. The van der Waals surface area contributed by atoms with Crippen molar-refractivity contribution in [3.05, 3.63) is 76.8 Å². The number of fused-ring (bicyclic) bond motifs is 1. The molecule has 2 aromatic carbocycles. The van der Waals surface area contributed by atoms with E-state index in [1.54, 1.807) is 6.07 Å². The first-order valence-corrected chi connectivity index (χ1v) is 9.83. The number of amides is 3. The first-order valence-electron chi connectivity index (χ1n) is 9.45. The highest BCUT2D eigenvalue weighted by atomic mass is 35.5. The van der Waals surface area contributed by atoms with Crippen molar-refractivity contribution in [1.29, 1.82) is 0 Å². The zero-order chi connectivity index (χ0) is 24.5. The Morgan fingerprint density at radius 3 is 2.35 bits per heavy atom. The number of carbonyl (C=O) groups excluding carboxylic acids is 2. The smallest absolute Gasteiger partial charge is 0.320 e. The number of anilines is 3. The quantitative estimate of drug-likeness (QED) is 0.275. The van der Waals surface area contributed by atoms with Gasteiger partial charge in [-0.1, -0.05) is 11.6 Å². The molecule has 0 aliphatic heterocycles. The van der Waals surface area contributed by atoms with Crippen molar-refractivity contribution in [2.24, 2.45) is 0 Å². The van der Waals surface area contributed by atoms with Crippen molar-refractivity contribution in [1.82, 2.24) is 15.2 Å². The van der Waals surface area contributed by atoms with Crippen molar-refractivity contribution in [2.45, 2.75) is 6.18 Å². The monoisotopic (exact) mass is 492 g/mol. The molecule has 4 N–H and O–H groups in total. The zero-order valence-corrected chi connectivity index (χ0v) is 17.6. The maximum Gasteiger partial charge on any atom is 0.417 e. The van der Waals surface area contributed by atoms with Gasteiger partial charge in [-0.2, -0.15) is 18.3 Å². The van der Waals surface area contributed by atoms with Crippen LogP contribution in [-0.4, -0.2) is 27.1 Å². The molecule has 2 heterocycles. The van der Waals surface area contributed by atoms with E-state index in [0.29, 0.717) is 17.1 Å². The van der Waals surface area contributed by atoms with Crippen molar-refractivity contribution >= 4 is 51.6 Å². The van der Waals surface area contributed by atoms with Gasteiger partial charge in [0, 0.05) is 16.8 Å². The standard InChI is InChI=1S/C21H13ClF4N6O2/c22-16-3-1-12(7-15(16)21(24,25)26)31-20(34)30-11-2-4-17(23)14(6-11)19(33)29-13-5-10-8-28-32-18(10)27-9-13/h1-9H,(H,29,33)(H,27,28,32)(H2,30,31,34). The van der Waals surface area contributed by atoms with E-state index in [0.717, 1.165) is 18.2 Å². The average Bonchev–Trinajstić information content (AvgIpc) is 3.23. The molecular formula is C21H13ClF4N6O2. The molecule has 0 atom stereocenters. The van der Waals surface area contributed by atoms with Crippen LogP contribution in [0.15, 0.2) is 54.9 Å². The van der Waals surface area contributed by atoms with Crippen LogP contribution in [0, 0.1) is 5.82 Å². The number of hydrogen-bond acceptors (Lipinski definition) is 4. The molecule has 4 aromatic rings. The largest absolute Gasteiger partial charge is 0.417 e. The molecule has 0 aliphatic carbocycles. The molecule has 0 radical (unpaired) electrons. The Kier molecular flexibility index (Phi) is 6.07. The van der Waals surface area contributed by atoms with Crippen LogP contribution in [0.5, 0.6) is 0 Å². The van der Waals surface area contributed by atoms with E-state index >= 15 is 0 Å². The fourth-order valence-corrected chi connectivity index (χ4v) is 3.22. The third kappa shape index (κ3) is 5.07. The molecule has 0 spiro atoms. The molecule has 34 heavy (non-hydrogen) atoms. The fourth-order valence-electron chi connectivity index (χ4n) is 2.99. The summed E-state index contributed by atoms with van der Waals surface area (Å²) in [7, 11) is 0. The highest BCUT2D eigenvalue weighted by Gasteiger charge is 2.33. The molecule has 8 nitrogen and oxygen atoms in total. The number of alkyl halides is 3. The van der Waals surface area contributed by atoms with Crippen molar-refractivity contribution < 1.29 is 27.2 Å². The summed E-state index contributed by atoms with van der Waals surface area (Å²) in [6.45, 7) is 0. The number of pyridine rings is 1. The van der Waals surface area contributed by atoms with E-state index in [-0.39, 0.29) is 22.6 Å². The van der Waals surface area contributed by atoms with E-state index in [2.05, 4.69) is 31.1 Å². The normalized spacial score (nSPS) is 11.3. The number of benzene rings is 2. The van der Waals surface area contributed by atoms with Gasteiger partial charge in [-0.25, -0.2) is 14.2 Å². The van der Waals surface area contributed by atoms with Gasteiger partial charge in [-0.3, -0.25) is 9.89 Å². The Labute approximate surface area is 193 Å². The molecule has 0 fully saturated rings. The zero-order valence-electron chi connectivity index (χ0n) is 16.8. The van der Waals surface area contributed by atoms with Gasteiger partial charge < -0.3 is 16.0 Å². The highest BCUT2D eigenvalue weighted by Crippen LogP contribution is 2.36. The number of halogens is 5. The number of nitrogens with one attached hydrogen (secondary N) is 4. The molecule has 0 aliphatic rings. The van der Waals surface area contributed by atoms with Gasteiger partial charge in [0.25, 0.3) is 5.91 Å². The van der Waals surface area contributed by atoms with Crippen LogP contribution in [-0.2, 0) is 6.18 Å². The van der Waals surface area contributed by atoms with Crippen LogP contribution in [0.1, 0.15) is 15.9 Å². The Hall–Kier alpha value is -4.19. The van der Waals surface area contributed by atoms with E-state index in [1.165, 1.54) is 24.5 Å². The van der Waals surface area contributed by atoms with E-state index in [9.17, 15) is 27.2 Å². The second-order valence-corrected chi connectivity index (χ2v) is 7.36. The predicted molar refractivity (Wildman–Crippen MR) is 117 cm³/mol. The summed E-state index contributed by atoms with van der Waals surface area (Å²) < 4.78 is 53.2. The maximum atomic E-state index is 14.3. The summed E-state index contributed by atoms with van der Waals surface area (Å²) in [5.41, 5.74) is -0.845. The summed E-state index contributed by atoms with van der Waals surface area (Å²) in [5, 5.41) is 13.6. The van der Waals surface area contributed by atoms with Crippen LogP contribution in [0.4, 0.5) is 39.4 Å². The van der Waals surface area contributed by atoms with E-state index in [4.69, 9.17) is 11.6 Å². The highest BCUT2D eigenvalue weighted by molar-refractivity contribution is 6.31. The van der Waals surface area contributed by atoms with Crippen LogP contribution in [0.25, 0.3) is 11.0 Å². The van der Waals surface area contributed by atoms with Gasteiger partial charge in [0.1, 0.15) is 5.82 Å². The Morgan fingerprint density at radius 2 is 1.62 bits per heavy atom. The molecule has 0 saturated heterocycles. The van der Waals surface area contributed by atoms with Gasteiger partial charge in [-0.05, 0) is 42.5 Å². The summed E-state index contributed by atoms with van der Waals surface area (Å²) in [5.74, 6) is -1.66. The molecule has 2 aromatic heterocycles.